The van der Waals surface area contributed by atoms with Gasteiger partial charge in [0.2, 0.25) is 0 Å². The summed E-state index contributed by atoms with van der Waals surface area (Å²) < 4.78 is 2.60. The van der Waals surface area contributed by atoms with Gasteiger partial charge in [-0.15, -0.1) is 17.8 Å². The Hall–Kier alpha value is -6.14. The van der Waals surface area contributed by atoms with Gasteiger partial charge in [0, 0.05) is 42.7 Å². The number of thiophene rings is 1. The summed E-state index contributed by atoms with van der Waals surface area (Å²) in [6.45, 7) is 4.40. The molecule has 1 aromatic heterocycles. The summed E-state index contributed by atoms with van der Waals surface area (Å²) in [5.41, 5.74) is 16.0. The van der Waals surface area contributed by atoms with Crippen molar-refractivity contribution in [1.29, 1.82) is 0 Å². The largest absolute Gasteiger partial charge is 0.310 e. The molecule has 7 aromatic carbocycles. The average molecular weight is 668 g/mol. The average Bonchev–Trinajstić information content (AvgIpc) is 3.79. The second kappa shape index (κ2) is 11.2. The topological polar surface area (TPSA) is 3.24 Å². The molecule has 0 radical (unpaired) electrons. The normalized spacial score (nSPS) is 15.6. The van der Waals surface area contributed by atoms with Crippen molar-refractivity contribution in [2.24, 2.45) is 0 Å². The summed E-state index contributed by atoms with van der Waals surface area (Å²) in [5.74, 6) is 3.22. The van der Waals surface area contributed by atoms with Gasteiger partial charge in [0.25, 0.3) is 0 Å². The quantitative estimate of drug-likeness (QED) is 0.169. The minimum absolute atomic E-state index is 0.590. The van der Waals surface area contributed by atoms with E-state index >= 15 is 0 Å². The fourth-order valence-electron chi connectivity index (χ4n) is 8.90. The number of benzene rings is 7. The molecule has 2 aliphatic carbocycles. The molecule has 240 valence electrons. The van der Waals surface area contributed by atoms with Crippen LogP contribution in [0.2, 0.25) is 0 Å². The van der Waals surface area contributed by atoms with Crippen LogP contribution in [0.25, 0.3) is 42.4 Å². The molecule has 0 N–H and O–H groups in total. The third-order valence-corrected chi connectivity index (χ3v) is 12.1. The fourth-order valence-corrected chi connectivity index (χ4v) is 9.98. The standard InChI is InChI=1S/C49H33NS/c1-4-35-37-27-25-31(2)29-43(37)49(48(35)36-18-9-8-15-32(36)3)41-21-12-10-20-39(41)47-42(49)22-14-23-44(47)50(33-16-6-5-7-17-33)34-26-28-46-40(30-34)38-19-11-13-24-45(38)51-46/h1,5-30H,2-3H3. The summed E-state index contributed by atoms with van der Waals surface area (Å²) in [7, 11) is 0. The molecule has 1 nitrogen and oxygen atoms in total. The van der Waals surface area contributed by atoms with Crippen LogP contribution in [0.15, 0.2) is 158 Å². The maximum Gasteiger partial charge on any atom is 0.0738 e. The molecule has 0 saturated heterocycles. The van der Waals surface area contributed by atoms with Gasteiger partial charge in [-0.2, -0.15) is 0 Å². The van der Waals surface area contributed by atoms with E-state index < -0.39 is 5.41 Å². The summed E-state index contributed by atoms with van der Waals surface area (Å²) in [6, 6.07) is 57.9. The van der Waals surface area contributed by atoms with E-state index in [0.717, 1.165) is 28.2 Å². The lowest BCUT2D eigenvalue weighted by atomic mass is 9.67. The number of rotatable bonds is 4. The summed E-state index contributed by atoms with van der Waals surface area (Å²) in [4.78, 5) is 2.45. The third kappa shape index (κ3) is 4.10. The van der Waals surface area contributed by atoms with E-state index in [4.69, 9.17) is 6.42 Å². The SMILES string of the molecule is C#CC1=C(c2ccccc2C)C2(c3cc(C)ccc31)c1ccccc1-c1c(N(c3ccccc3)c3ccc4sc5ccccc5c4c3)cccc12. The highest BCUT2D eigenvalue weighted by Crippen LogP contribution is 2.66. The zero-order valence-corrected chi connectivity index (χ0v) is 29.3. The Kier molecular flexibility index (Phi) is 6.53. The van der Waals surface area contributed by atoms with Crippen LogP contribution >= 0.6 is 11.3 Å². The number of anilines is 3. The Morgan fingerprint density at radius 3 is 2.12 bits per heavy atom. The van der Waals surface area contributed by atoms with E-state index in [1.807, 2.05) is 11.3 Å². The van der Waals surface area contributed by atoms with Gasteiger partial charge in [0.15, 0.2) is 0 Å². The number of para-hydroxylation sites is 1. The van der Waals surface area contributed by atoms with Crippen LogP contribution in [-0.4, -0.2) is 0 Å². The fraction of sp³-hybridized carbons (Fsp3) is 0.0612. The molecule has 0 amide bonds. The van der Waals surface area contributed by atoms with Crippen molar-refractivity contribution in [2.75, 3.05) is 4.90 Å². The number of fused-ring (bicyclic) bond motifs is 10. The summed E-state index contributed by atoms with van der Waals surface area (Å²) in [5, 5.41) is 2.57. The van der Waals surface area contributed by atoms with E-state index in [1.54, 1.807) is 0 Å². The predicted octanol–water partition coefficient (Wildman–Crippen LogP) is 13.0. The first-order valence-electron chi connectivity index (χ1n) is 17.5. The second-order valence-electron chi connectivity index (χ2n) is 13.7. The molecule has 0 fully saturated rings. The molecular weight excluding hydrogens is 635 g/mol. The summed E-state index contributed by atoms with van der Waals surface area (Å²) in [6.07, 6.45) is 6.55. The van der Waals surface area contributed by atoms with Gasteiger partial charge in [-0.3, -0.25) is 0 Å². The lowest BCUT2D eigenvalue weighted by Gasteiger charge is -2.34. The molecule has 1 atom stereocenters. The predicted molar refractivity (Wildman–Crippen MR) is 217 cm³/mol. The van der Waals surface area contributed by atoms with Crippen LogP contribution < -0.4 is 4.90 Å². The van der Waals surface area contributed by atoms with Crippen LogP contribution in [0.5, 0.6) is 0 Å². The van der Waals surface area contributed by atoms with Gasteiger partial charge >= 0.3 is 0 Å². The number of nitrogens with zero attached hydrogens (tertiary/aromatic N) is 1. The number of aryl methyl sites for hydroxylation is 2. The van der Waals surface area contributed by atoms with Gasteiger partial charge in [0.05, 0.1) is 11.1 Å². The van der Waals surface area contributed by atoms with Gasteiger partial charge in [0.1, 0.15) is 0 Å². The minimum atomic E-state index is -0.590. The van der Waals surface area contributed by atoms with Crippen molar-refractivity contribution in [3.63, 3.8) is 0 Å². The van der Waals surface area contributed by atoms with Crippen LogP contribution in [0.3, 0.4) is 0 Å². The minimum Gasteiger partial charge on any atom is -0.310 e. The first-order chi connectivity index (χ1) is 25.1. The smallest absolute Gasteiger partial charge is 0.0738 e. The van der Waals surface area contributed by atoms with Crippen molar-refractivity contribution in [3.8, 4) is 23.5 Å². The number of hydrogen-bond acceptors (Lipinski definition) is 2. The van der Waals surface area contributed by atoms with Gasteiger partial charge in [-0.05, 0) is 101 Å². The molecule has 1 heterocycles. The molecule has 2 aliphatic rings. The Labute approximate surface area is 302 Å². The van der Waals surface area contributed by atoms with E-state index in [-0.39, 0.29) is 0 Å². The Morgan fingerprint density at radius 1 is 0.549 bits per heavy atom. The van der Waals surface area contributed by atoms with Crippen LogP contribution in [0.1, 0.15) is 38.9 Å². The third-order valence-electron chi connectivity index (χ3n) is 11.0. The molecule has 0 aliphatic heterocycles. The Balaban J connectivity index is 1.32. The Morgan fingerprint density at radius 2 is 1.27 bits per heavy atom. The molecule has 2 heteroatoms. The maximum atomic E-state index is 6.55. The lowest BCUT2D eigenvalue weighted by Crippen LogP contribution is -2.27. The molecule has 0 saturated carbocycles. The molecule has 1 unspecified atom stereocenters. The first-order valence-corrected chi connectivity index (χ1v) is 18.3. The molecule has 1 spiro atoms. The first kappa shape index (κ1) is 29.7. The van der Waals surface area contributed by atoms with Crippen molar-refractivity contribution in [1.82, 2.24) is 0 Å². The van der Waals surface area contributed by atoms with Gasteiger partial charge in [-0.25, -0.2) is 0 Å². The molecule has 10 rings (SSSR count). The monoisotopic (exact) mass is 667 g/mol. The maximum absolute atomic E-state index is 6.55. The van der Waals surface area contributed by atoms with Crippen molar-refractivity contribution >= 4 is 59.7 Å². The van der Waals surface area contributed by atoms with Gasteiger partial charge in [-0.1, -0.05) is 127 Å². The molecular formula is C49H33NS. The highest BCUT2D eigenvalue weighted by Gasteiger charge is 2.54. The van der Waals surface area contributed by atoms with E-state index in [2.05, 4.69) is 182 Å². The lowest BCUT2D eigenvalue weighted by molar-refractivity contribution is 0.839. The van der Waals surface area contributed by atoms with E-state index in [0.29, 0.717) is 0 Å². The summed E-state index contributed by atoms with van der Waals surface area (Å²) >= 11 is 1.85. The number of terminal acetylenes is 1. The van der Waals surface area contributed by atoms with Crippen molar-refractivity contribution in [2.45, 2.75) is 19.3 Å². The van der Waals surface area contributed by atoms with Crippen LogP contribution in [0.4, 0.5) is 17.1 Å². The highest BCUT2D eigenvalue weighted by molar-refractivity contribution is 7.25. The highest BCUT2D eigenvalue weighted by atomic mass is 32.1. The van der Waals surface area contributed by atoms with E-state index in [9.17, 15) is 0 Å². The van der Waals surface area contributed by atoms with Crippen molar-refractivity contribution < 1.29 is 0 Å². The number of hydrogen-bond donors (Lipinski definition) is 0. The molecule has 8 aromatic rings. The molecule has 0 bridgehead atoms. The van der Waals surface area contributed by atoms with Crippen LogP contribution in [0, 0.1) is 26.2 Å². The zero-order chi connectivity index (χ0) is 34.3. The van der Waals surface area contributed by atoms with Crippen LogP contribution in [-0.2, 0) is 5.41 Å². The second-order valence-corrected chi connectivity index (χ2v) is 14.8. The van der Waals surface area contributed by atoms with Gasteiger partial charge < -0.3 is 4.90 Å². The molecule has 51 heavy (non-hydrogen) atoms. The number of allylic oxidation sites excluding steroid dienone is 2. The Bertz CT molecular complexity index is 2790. The van der Waals surface area contributed by atoms with Crippen molar-refractivity contribution in [3.05, 3.63) is 197 Å². The van der Waals surface area contributed by atoms with E-state index in [1.165, 1.54) is 70.3 Å². The zero-order valence-electron chi connectivity index (χ0n) is 28.4.